The summed E-state index contributed by atoms with van der Waals surface area (Å²) in [5.74, 6) is 1.84. The fraction of sp³-hybridized carbons (Fsp3) is 0.533. The summed E-state index contributed by atoms with van der Waals surface area (Å²) in [6.45, 7) is 4.50. The molecule has 0 amide bonds. The highest BCUT2D eigenvalue weighted by molar-refractivity contribution is 7.99. The fourth-order valence-electron chi connectivity index (χ4n) is 2.07. The molecule has 104 valence electrons. The molecule has 0 fully saturated rings. The first-order chi connectivity index (χ1) is 9.22. The Hall–Kier alpha value is -1.16. The van der Waals surface area contributed by atoms with Crippen molar-refractivity contribution >= 4 is 28.5 Å². The van der Waals surface area contributed by atoms with Crippen LogP contribution in [0, 0.1) is 5.92 Å². The van der Waals surface area contributed by atoms with Crippen LogP contribution in [0.1, 0.15) is 39.5 Å². The number of rotatable bonds is 7. The summed E-state index contributed by atoms with van der Waals surface area (Å²) in [5.41, 5.74) is 8.14. The SMILES string of the molecule is CCCCC(CC)CSc1nc2cc(N)ccc2o1. The summed E-state index contributed by atoms with van der Waals surface area (Å²) in [5, 5.41) is 0.760. The molecule has 0 spiro atoms. The lowest BCUT2D eigenvalue weighted by Gasteiger charge is -2.11. The van der Waals surface area contributed by atoms with Crippen LogP contribution >= 0.6 is 11.8 Å². The predicted octanol–water partition coefficient (Wildman–Crippen LogP) is 4.72. The van der Waals surface area contributed by atoms with Crippen molar-refractivity contribution in [1.82, 2.24) is 4.98 Å². The third kappa shape index (κ3) is 3.90. The zero-order chi connectivity index (χ0) is 13.7. The van der Waals surface area contributed by atoms with Gasteiger partial charge in [0.15, 0.2) is 5.58 Å². The molecule has 0 aliphatic heterocycles. The van der Waals surface area contributed by atoms with E-state index in [9.17, 15) is 0 Å². The van der Waals surface area contributed by atoms with Crippen molar-refractivity contribution in [3.05, 3.63) is 18.2 Å². The lowest BCUT2D eigenvalue weighted by molar-refractivity contribution is 0.478. The van der Waals surface area contributed by atoms with Gasteiger partial charge in [-0.1, -0.05) is 44.9 Å². The van der Waals surface area contributed by atoms with Crippen molar-refractivity contribution in [2.24, 2.45) is 5.92 Å². The van der Waals surface area contributed by atoms with Gasteiger partial charge in [-0.25, -0.2) is 4.98 Å². The summed E-state index contributed by atoms with van der Waals surface area (Å²) < 4.78 is 5.72. The minimum Gasteiger partial charge on any atom is -0.431 e. The monoisotopic (exact) mass is 278 g/mol. The van der Waals surface area contributed by atoms with E-state index in [1.54, 1.807) is 11.8 Å². The summed E-state index contributed by atoms with van der Waals surface area (Å²) >= 11 is 1.72. The lowest BCUT2D eigenvalue weighted by Crippen LogP contribution is -2.01. The van der Waals surface area contributed by atoms with Gasteiger partial charge < -0.3 is 10.2 Å². The van der Waals surface area contributed by atoms with Gasteiger partial charge in [0, 0.05) is 11.4 Å². The van der Waals surface area contributed by atoms with Gasteiger partial charge in [-0.15, -0.1) is 0 Å². The molecule has 1 heterocycles. The number of nitrogens with zero attached hydrogens (tertiary/aromatic N) is 1. The Morgan fingerprint density at radius 3 is 2.95 bits per heavy atom. The largest absolute Gasteiger partial charge is 0.431 e. The van der Waals surface area contributed by atoms with Crippen LogP contribution in [0.25, 0.3) is 11.1 Å². The molecule has 0 saturated heterocycles. The highest BCUT2D eigenvalue weighted by Gasteiger charge is 2.11. The van der Waals surface area contributed by atoms with E-state index >= 15 is 0 Å². The Bertz CT molecular complexity index is 524. The van der Waals surface area contributed by atoms with Gasteiger partial charge in [0.1, 0.15) is 5.52 Å². The summed E-state index contributed by atoms with van der Waals surface area (Å²) in [6.07, 6.45) is 5.10. The molecule has 0 radical (unpaired) electrons. The molecule has 0 bridgehead atoms. The number of thioether (sulfide) groups is 1. The van der Waals surface area contributed by atoms with Crippen LogP contribution < -0.4 is 5.73 Å². The zero-order valence-electron chi connectivity index (χ0n) is 11.7. The van der Waals surface area contributed by atoms with Crippen molar-refractivity contribution in [3.8, 4) is 0 Å². The van der Waals surface area contributed by atoms with Crippen LogP contribution in [0.3, 0.4) is 0 Å². The number of aromatic nitrogens is 1. The van der Waals surface area contributed by atoms with Crippen molar-refractivity contribution < 1.29 is 4.42 Å². The summed E-state index contributed by atoms with van der Waals surface area (Å²) in [6, 6.07) is 5.59. The van der Waals surface area contributed by atoms with E-state index in [-0.39, 0.29) is 0 Å². The fourth-order valence-corrected chi connectivity index (χ4v) is 3.16. The molecule has 0 saturated carbocycles. The van der Waals surface area contributed by atoms with Crippen LogP contribution in [-0.4, -0.2) is 10.7 Å². The third-order valence-corrected chi connectivity index (χ3v) is 4.44. The number of hydrogen-bond acceptors (Lipinski definition) is 4. The topological polar surface area (TPSA) is 52.0 Å². The number of nitrogens with two attached hydrogens (primary N) is 1. The van der Waals surface area contributed by atoms with Crippen molar-refractivity contribution in [3.63, 3.8) is 0 Å². The van der Waals surface area contributed by atoms with E-state index in [0.29, 0.717) is 0 Å². The van der Waals surface area contributed by atoms with E-state index in [4.69, 9.17) is 10.2 Å². The van der Waals surface area contributed by atoms with Gasteiger partial charge in [-0.05, 0) is 30.5 Å². The van der Waals surface area contributed by atoms with E-state index < -0.39 is 0 Å². The number of hydrogen-bond donors (Lipinski definition) is 1. The summed E-state index contributed by atoms with van der Waals surface area (Å²) in [7, 11) is 0. The molecule has 2 N–H and O–H groups in total. The van der Waals surface area contributed by atoms with Crippen LogP contribution in [-0.2, 0) is 0 Å². The average Bonchev–Trinajstić information content (AvgIpc) is 2.81. The van der Waals surface area contributed by atoms with Crippen molar-refractivity contribution in [2.45, 2.75) is 44.8 Å². The minimum absolute atomic E-state index is 0.728. The molecule has 3 nitrogen and oxygen atoms in total. The third-order valence-electron chi connectivity index (χ3n) is 3.38. The van der Waals surface area contributed by atoms with E-state index in [0.717, 1.165) is 33.7 Å². The second-order valence-electron chi connectivity index (χ2n) is 4.93. The van der Waals surface area contributed by atoms with Gasteiger partial charge in [-0.3, -0.25) is 0 Å². The number of benzene rings is 1. The Morgan fingerprint density at radius 2 is 2.21 bits per heavy atom. The van der Waals surface area contributed by atoms with E-state index in [2.05, 4.69) is 18.8 Å². The number of nitrogen functional groups attached to an aromatic ring is 1. The Labute approximate surface area is 119 Å². The number of anilines is 1. The maximum absolute atomic E-state index is 5.74. The molecular formula is C15H22N2OS. The summed E-state index contributed by atoms with van der Waals surface area (Å²) in [4.78, 5) is 4.48. The Kier molecular flexibility index (Phi) is 5.14. The van der Waals surface area contributed by atoms with Gasteiger partial charge >= 0.3 is 0 Å². The van der Waals surface area contributed by atoms with Crippen LogP contribution in [0.4, 0.5) is 5.69 Å². The van der Waals surface area contributed by atoms with E-state index in [1.165, 1.54) is 25.7 Å². The molecule has 1 aromatic carbocycles. The van der Waals surface area contributed by atoms with Gasteiger partial charge in [0.25, 0.3) is 5.22 Å². The normalized spacial score (nSPS) is 12.9. The van der Waals surface area contributed by atoms with Crippen LogP contribution in [0.2, 0.25) is 0 Å². The quantitative estimate of drug-likeness (QED) is 0.588. The number of unbranched alkanes of at least 4 members (excludes halogenated alkanes) is 1. The minimum atomic E-state index is 0.728. The molecule has 2 rings (SSSR count). The first-order valence-electron chi connectivity index (χ1n) is 7.01. The highest BCUT2D eigenvalue weighted by Crippen LogP contribution is 2.28. The predicted molar refractivity (Wildman–Crippen MR) is 82.5 cm³/mol. The van der Waals surface area contributed by atoms with Crippen LogP contribution in [0.5, 0.6) is 0 Å². The molecule has 2 aromatic rings. The molecule has 4 heteroatoms. The zero-order valence-corrected chi connectivity index (χ0v) is 12.5. The average molecular weight is 278 g/mol. The number of oxazole rings is 1. The first-order valence-corrected chi connectivity index (χ1v) is 8.00. The van der Waals surface area contributed by atoms with Gasteiger partial charge in [-0.2, -0.15) is 0 Å². The standard InChI is InChI=1S/C15H22N2OS/c1-3-5-6-11(4-2)10-19-15-17-13-9-12(16)7-8-14(13)18-15/h7-9,11H,3-6,10,16H2,1-2H3. The van der Waals surface area contributed by atoms with Gasteiger partial charge in [0.05, 0.1) is 0 Å². The van der Waals surface area contributed by atoms with Crippen molar-refractivity contribution in [2.75, 3.05) is 11.5 Å². The lowest BCUT2D eigenvalue weighted by atomic mass is 10.0. The molecule has 0 aliphatic rings. The van der Waals surface area contributed by atoms with Gasteiger partial charge in [0.2, 0.25) is 0 Å². The molecule has 1 atom stereocenters. The Balaban J connectivity index is 1.97. The first kappa shape index (κ1) is 14.3. The van der Waals surface area contributed by atoms with Crippen LogP contribution in [0.15, 0.2) is 27.8 Å². The molecule has 0 aliphatic carbocycles. The smallest absolute Gasteiger partial charge is 0.256 e. The maximum atomic E-state index is 5.74. The second kappa shape index (κ2) is 6.85. The maximum Gasteiger partial charge on any atom is 0.256 e. The Morgan fingerprint density at radius 1 is 1.37 bits per heavy atom. The van der Waals surface area contributed by atoms with Crippen molar-refractivity contribution in [1.29, 1.82) is 0 Å². The van der Waals surface area contributed by atoms with E-state index in [1.807, 2.05) is 18.2 Å². The molecular weight excluding hydrogens is 256 g/mol. The highest BCUT2D eigenvalue weighted by atomic mass is 32.2. The molecule has 1 aromatic heterocycles. The second-order valence-corrected chi connectivity index (χ2v) is 5.91. The molecule has 1 unspecified atom stereocenters. The number of fused-ring (bicyclic) bond motifs is 1. The molecule has 19 heavy (non-hydrogen) atoms.